The molecule has 2 heterocycles. The molecule has 2 aliphatic rings. The Balaban J connectivity index is 1.90. The van der Waals surface area contributed by atoms with Crippen molar-refractivity contribution in [3.05, 3.63) is 48.0 Å². The molecule has 0 unspecified atom stereocenters. The molecule has 2 aliphatic heterocycles. The first-order valence-electron chi connectivity index (χ1n) is 8.54. The Labute approximate surface area is 159 Å². The van der Waals surface area contributed by atoms with Crippen LogP contribution in [0.3, 0.4) is 0 Å². The van der Waals surface area contributed by atoms with E-state index in [-0.39, 0.29) is 11.3 Å². The molecule has 0 aromatic heterocycles. The summed E-state index contributed by atoms with van der Waals surface area (Å²) >= 11 is 0. The summed E-state index contributed by atoms with van der Waals surface area (Å²) in [5.74, 6) is 1.09. The van der Waals surface area contributed by atoms with Gasteiger partial charge in [0.1, 0.15) is 17.3 Å². The van der Waals surface area contributed by atoms with Crippen LogP contribution in [0.4, 0.5) is 18.9 Å². The van der Waals surface area contributed by atoms with E-state index in [9.17, 15) is 21.6 Å². The predicted octanol–water partition coefficient (Wildman–Crippen LogP) is 3.07. The van der Waals surface area contributed by atoms with Gasteiger partial charge in [-0.15, -0.1) is 0 Å². The van der Waals surface area contributed by atoms with Crippen molar-refractivity contribution in [3.8, 4) is 11.5 Å². The van der Waals surface area contributed by atoms with E-state index < -0.39 is 20.2 Å². The molecule has 0 radical (unpaired) electrons. The quantitative estimate of drug-likeness (QED) is 0.781. The Hall–Kier alpha value is -2.59. The number of amidine groups is 1. The Bertz CT molecular complexity index is 1050. The maximum atomic E-state index is 13.0. The van der Waals surface area contributed by atoms with Gasteiger partial charge in [-0.25, -0.2) is 13.4 Å². The highest BCUT2D eigenvalue weighted by Gasteiger charge is 2.47. The van der Waals surface area contributed by atoms with Crippen molar-refractivity contribution in [2.24, 2.45) is 4.99 Å². The lowest BCUT2D eigenvalue weighted by Gasteiger charge is -2.30. The zero-order valence-corrected chi connectivity index (χ0v) is 15.3. The van der Waals surface area contributed by atoms with Crippen molar-refractivity contribution in [3.63, 3.8) is 0 Å². The summed E-state index contributed by atoms with van der Waals surface area (Å²) in [6, 6.07) is 10.1. The van der Waals surface area contributed by atoms with E-state index in [1.54, 1.807) is 24.3 Å². The number of rotatable bonds is 1. The number of nitrogens with one attached hydrogen (secondary N) is 1. The summed E-state index contributed by atoms with van der Waals surface area (Å²) < 4.78 is 68.7. The highest BCUT2D eigenvalue weighted by atomic mass is 32.2. The molecule has 2 aromatic rings. The molecule has 2 aromatic carbocycles. The minimum atomic E-state index is -5.48. The van der Waals surface area contributed by atoms with Crippen LogP contribution >= 0.6 is 0 Å². The first-order valence-corrected chi connectivity index (χ1v) is 10.0. The van der Waals surface area contributed by atoms with Crippen molar-refractivity contribution in [2.75, 3.05) is 26.2 Å². The number of hydrogen-bond acceptors (Lipinski definition) is 6. The third-order valence-electron chi connectivity index (χ3n) is 4.53. The first kappa shape index (κ1) is 18.8. The summed E-state index contributed by atoms with van der Waals surface area (Å²) in [5, 5.41) is 3.20. The van der Waals surface area contributed by atoms with Crippen LogP contribution in [0.1, 0.15) is 5.56 Å². The van der Waals surface area contributed by atoms with Crippen LogP contribution in [-0.4, -0.2) is 50.8 Å². The first-order chi connectivity index (χ1) is 13.3. The van der Waals surface area contributed by atoms with Crippen LogP contribution in [0.2, 0.25) is 0 Å². The molecule has 1 saturated heterocycles. The van der Waals surface area contributed by atoms with Crippen molar-refractivity contribution in [1.82, 2.24) is 10.2 Å². The van der Waals surface area contributed by atoms with Gasteiger partial charge in [0.2, 0.25) is 0 Å². The third-order valence-corrected chi connectivity index (χ3v) is 6.02. The Morgan fingerprint density at radius 1 is 1.04 bits per heavy atom. The second-order valence-electron chi connectivity index (χ2n) is 6.35. The summed E-state index contributed by atoms with van der Waals surface area (Å²) in [5.41, 5.74) is -4.65. The summed E-state index contributed by atoms with van der Waals surface area (Å²) in [4.78, 5) is 5.67. The van der Waals surface area contributed by atoms with Crippen LogP contribution in [-0.2, 0) is 9.84 Å². The number of aliphatic imine (C=N–C) groups is 1. The Kier molecular flexibility index (Phi) is 4.54. The lowest BCUT2D eigenvalue weighted by atomic mass is 10.1. The van der Waals surface area contributed by atoms with E-state index in [2.05, 4.69) is 10.3 Å². The van der Waals surface area contributed by atoms with Crippen molar-refractivity contribution in [2.45, 2.75) is 10.4 Å². The molecule has 0 bridgehead atoms. The van der Waals surface area contributed by atoms with Gasteiger partial charge in [0, 0.05) is 26.2 Å². The van der Waals surface area contributed by atoms with Crippen molar-refractivity contribution >= 4 is 21.4 Å². The molecule has 148 valence electrons. The van der Waals surface area contributed by atoms with Gasteiger partial charge in [-0.3, -0.25) is 0 Å². The molecular formula is C18H16F3N3O3S. The highest BCUT2D eigenvalue weighted by molar-refractivity contribution is 7.92. The molecule has 28 heavy (non-hydrogen) atoms. The average molecular weight is 411 g/mol. The van der Waals surface area contributed by atoms with Gasteiger partial charge < -0.3 is 15.0 Å². The fourth-order valence-corrected chi connectivity index (χ4v) is 3.91. The Morgan fingerprint density at radius 2 is 1.75 bits per heavy atom. The number of alkyl halides is 3. The van der Waals surface area contributed by atoms with Crippen molar-refractivity contribution in [1.29, 1.82) is 0 Å². The van der Waals surface area contributed by atoms with Gasteiger partial charge in [-0.05, 0) is 30.3 Å². The van der Waals surface area contributed by atoms with E-state index in [1.807, 2.05) is 4.90 Å². The second kappa shape index (κ2) is 6.78. The SMILES string of the molecule is O=S(=O)(c1ccc2c(c1)C(N1CCNCC1)=Nc1ccccc1O2)C(F)(F)F. The molecule has 0 atom stereocenters. The van der Waals surface area contributed by atoms with E-state index in [4.69, 9.17) is 4.74 Å². The molecule has 0 amide bonds. The monoisotopic (exact) mass is 411 g/mol. The predicted molar refractivity (Wildman–Crippen MR) is 96.8 cm³/mol. The molecule has 6 nitrogen and oxygen atoms in total. The summed E-state index contributed by atoms with van der Waals surface area (Å²) in [7, 11) is -5.48. The molecule has 1 N–H and O–H groups in total. The van der Waals surface area contributed by atoms with Gasteiger partial charge >= 0.3 is 5.51 Å². The lowest BCUT2D eigenvalue weighted by molar-refractivity contribution is -0.0436. The molecule has 1 fully saturated rings. The third kappa shape index (κ3) is 3.22. The molecule has 0 saturated carbocycles. The molecule has 4 rings (SSSR count). The lowest BCUT2D eigenvalue weighted by Crippen LogP contribution is -2.46. The fourth-order valence-electron chi connectivity index (χ4n) is 3.12. The number of halogens is 3. The smallest absolute Gasteiger partial charge is 0.454 e. The van der Waals surface area contributed by atoms with Gasteiger partial charge in [0.05, 0.1) is 10.5 Å². The van der Waals surface area contributed by atoms with Gasteiger partial charge in [0.15, 0.2) is 5.75 Å². The van der Waals surface area contributed by atoms with E-state index >= 15 is 0 Å². The van der Waals surface area contributed by atoms with Gasteiger partial charge in [-0.1, -0.05) is 12.1 Å². The zero-order valence-electron chi connectivity index (χ0n) is 14.5. The van der Waals surface area contributed by atoms with Gasteiger partial charge in [-0.2, -0.15) is 13.2 Å². The molecule has 10 heteroatoms. The van der Waals surface area contributed by atoms with E-state index in [1.165, 1.54) is 6.07 Å². The number of piperazine rings is 1. The number of benzene rings is 2. The zero-order chi connectivity index (χ0) is 19.9. The number of sulfone groups is 1. The number of ether oxygens (including phenoxy) is 1. The number of fused-ring (bicyclic) bond motifs is 2. The average Bonchev–Trinajstić information content (AvgIpc) is 2.84. The molecule has 0 spiro atoms. The van der Waals surface area contributed by atoms with E-state index in [0.29, 0.717) is 43.5 Å². The normalized spacial score (nSPS) is 17.1. The van der Waals surface area contributed by atoms with Crippen LogP contribution in [0, 0.1) is 0 Å². The molecular weight excluding hydrogens is 395 g/mol. The standard InChI is InChI=1S/C18H16F3N3O3S/c19-18(20,21)28(25,26)12-5-6-15-13(11-12)17(24-9-7-22-8-10-24)23-14-3-1-2-4-16(14)27-15/h1-6,11,22H,7-10H2. The maximum Gasteiger partial charge on any atom is 0.501 e. The van der Waals surface area contributed by atoms with Crippen LogP contribution in [0.5, 0.6) is 11.5 Å². The highest BCUT2D eigenvalue weighted by Crippen LogP contribution is 2.40. The van der Waals surface area contributed by atoms with E-state index in [0.717, 1.165) is 12.1 Å². The minimum Gasteiger partial charge on any atom is -0.454 e. The number of hydrogen-bond donors (Lipinski definition) is 1. The van der Waals surface area contributed by atoms with Crippen LogP contribution in [0.25, 0.3) is 0 Å². The summed E-state index contributed by atoms with van der Waals surface area (Å²) in [6.07, 6.45) is 0. The maximum absolute atomic E-state index is 13.0. The minimum absolute atomic E-state index is 0.212. The number of nitrogens with zero attached hydrogens (tertiary/aromatic N) is 2. The largest absolute Gasteiger partial charge is 0.501 e. The second-order valence-corrected chi connectivity index (χ2v) is 8.29. The number of para-hydroxylation sites is 2. The topological polar surface area (TPSA) is 71.0 Å². The van der Waals surface area contributed by atoms with Gasteiger partial charge in [0.25, 0.3) is 9.84 Å². The van der Waals surface area contributed by atoms with Crippen molar-refractivity contribution < 1.29 is 26.3 Å². The molecule has 0 aliphatic carbocycles. The summed E-state index contributed by atoms with van der Waals surface area (Å²) in [6.45, 7) is 2.52. The Morgan fingerprint density at radius 3 is 2.46 bits per heavy atom. The fraction of sp³-hybridized carbons (Fsp3) is 0.278. The van der Waals surface area contributed by atoms with Crippen LogP contribution in [0.15, 0.2) is 52.4 Å². The van der Waals surface area contributed by atoms with Crippen LogP contribution < -0.4 is 10.1 Å².